The normalized spacial score (nSPS) is 11.0. The fourth-order valence-corrected chi connectivity index (χ4v) is 4.12. The summed E-state index contributed by atoms with van der Waals surface area (Å²) in [6.07, 6.45) is 0. The third-order valence-electron chi connectivity index (χ3n) is 3.42. The maximum Gasteiger partial charge on any atom is 1.00 e. The fourth-order valence-electron chi connectivity index (χ4n) is 2.26. The van der Waals surface area contributed by atoms with Gasteiger partial charge in [-0.3, -0.25) is 9.11 Å². The van der Waals surface area contributed by atoms with Gasteiger partial charge in [0.05, 0.1) is 0 Å². The minimum absolute atomic E-state index is 0. The van der Waals surface area contributed by atoms with E-state index in [1.165, 1.54) is 36.4 Å². The molecule has 3 aromatic rings. The molecule has 0 aliphatic heterocycles. The third kappa shape index (κ3) is 6.62. The summed E-state index contributed by atoms with van der Waals surface area (Å²) in [6, 6.07) is 12.2. The van der Waals surface area contributed by atoms with Crippen LogP contribution in [0.25, 0.3) is 15.7 Å². The molecule has 0 unspecified atom stereocenters. The van der Waals surface area contributed by atoms with Gasteiger partial charge in [-0.05, 0) is 24.3 Å². The van der Waals surface area contributed by atoms with Gasteiger partial charge in [0, 0.05) is 21.9 Å². The topological polar surface area (TPSA) is 137 Å². The van der Waals surface area contributed by atoms with Gasteiger partial charge >= 0.3 is 35.2 Å². The predicted molar refractivity (Wildman–Crippen MR) is 105 cm³/mol. The van der Waals surface area contributed by atoms with E-state index in [0.717, 1.165) is 12.1 Å². The molecule has 8 nitrogen and oxygen atoms in total. The fraction of sp³-hybridized carbons (Fsp3) is 0. The molecule has 2 N–H and O–H groups in total. The largest absolute Gasteiger partial charge is 1.00 e. The van der Waals surface area contributed by atoms with Crippen molar-refractivity contribution in [1.29, 1.82) is 5.39 Å². The number of halogens is 2. The van der Waals surface area contributed by atoms with E-state index >= 15 is 0 Å². The molecule has 0 radical (unpaired) electrons. The van der Waals surface area contributed by atoms with Gasteiger partial charge < -0.3 is 0 Å². The van der Waals surface area contributed by atoms with Gasteiger partial charge in [-0.2, -0.15) is 16.8 Å². The molecular weight excluding hydrogens is 474 g/mol. The number of benzene rings is 3. The summed E-state index contributed by atoms with van der Waals surface area (Å²) in [5.74, 6) is 0. The summed E-state index contributed by atoms with van der Waals surface area (Å²) in [7, 11) is -8.94. The van der Waals surface area contributed by atoms with Gasteiger partial charge in [-0.25, -0.2) is 0 Å². The van der Waals surface area contributed by atoms with Crippen molar-refractivity contribution in [1.82, 2.24) is 0 Å². The molecule has 0 saturated heterocycles. The molecule has 3 aromatic carbocycles. The van der Waals surface area contributed by atoms with Crippen LogP contribution in [0.2, 0.25) is 10.0 Å². The number of hydrogen-bond donors (Lipinski definition) is 2. The Morgan fingerprint density at radius 3 is 1.59 bits per heavy atom. The number of rotatable bonds is 2. The average molecular weight is 485 g/mol. The van der Waals surface area contributed by atoms with Crippen LogP contribution < -0.4 is 29.6 Å². The second kappa shape index (κ2) is 10.2. The van der Waals surface area contributed by atoms with Crippen LogP contribution in [0.4, 0.5) is 5.69 Å². The third-order valence-corrected chi connectivity index (χ3v) is 5.78. The first-order valence-electron chi connectivity index (χ1n) is 7.22. The van der Waals surface area contributed by atoms with Crippen LogP contribution in [0.15, 0.2) is 64.4 Å². The Hall–Kier alpha value is -1.26. The minimum atomic E-state index is -4.47. The summed E-state index contributed by atoms with van der Waals surface area (Å²) in [4.78, 5) is 2.10. The van der Waals surface area contributed by atoms with E-state index in [-0.39, 0.29) is 40.3 Å². The molecule has 3 rings (SSSR count). The van der Waals surface area contributed by atoms with Gasteiger partial charge in [0.25, 0.3) is 20.2 Å². The van der Waals surface area contributed by atoms with E-state index in [9.17, 15) is 16.8 Å². The van der Waals surface area contributed by atoms with Gasteiger partial charge in [0.1, 0.15) is 14.8 Å². The molecule has 29 heavy (non-hydrogen) atoms. The molecule has 13 heteroatoms. The van der Waals surface area contributed by atoms with Crippen molar-refractivity contribution in [2.24, 2.45) is 0 Å². The second-order valence-corrected chi connectivity index (χ2v) is 8.88. The van der Waals surface area contributed by atoms with Gasteiger partial charge in [0.15, 0.2) is 4.98 Å². The van der Waals surface area contributed by atoms with Gasteiger partial charge in [-0.15, -0.1) is 0 Å². The smallest absolute Gasteiger partial charge is 0.282 e. The van der Waals surface area contributed by atoms with Crippen LogP contribution in [0.3, 0.4) is 0 Å². The zero-order chi connectivity index (χ0) is 21.1. The second-order valence-electron chi connectivity index (χ2n) is 5.25. The molecule has 0 amide bonds. The number of hydrogen-bond acceptors (Lipinski definition) is 5. The van der Waals surface area contributed by atoms with Crippen molar-refractivity contribution in [3.05, 3.63) is 69.6 Å². The Kier molecular flexibility index (Phi) is 9.04. The maximum atomic E-state index is 11.2. The van der Waals surface area contributed by atoms with Crippen LogP contribution in [0.5, 0.6) is 0 Å². The SMILES string of the molecule is N#[N+]c1ccc(Cl)cc1Cl.O=S(=O)(O)c1cccc2c(S(=O)(=O)O)cccc12.[Na+]. The van der Waals surface area contributed by atoms with E-state index in [1.807, 2.05) is 0 Å². The van der Waals surface area contributed by atoms with Crippen LogP contribution in [-0.4, -0.2) is 25.9 Å². The molecule has 0 aromatic heterocycles. The zero-order valence-electron chi connectivity index (χ0n) is 14.7. The van der Waals surface area contributed by atoms with Crippen LogP contribution in [-0.2, 0) is 20.2 Å². The molecule has 0 bridgehead atoms. The number of nitrogens with zero attached hydrogens (tertiary/aromatic N) is 2. The van der Waals surface area contributed by atoms with Gasteiger partial charge in [0.2, 0.25) is 5.39 Å². The van der Waals surface area contributed by atoms with Crippen molar-refractivity contribution in [3.63, 3.8) is 0 Å². The molecule has 0 saturated carbocycles. The van der Waals surface area contributed by atoms with Crippen molar-refractivity contribution in [2.45, 2.75) is 9.79 Å². The first kappa shape index (κ1) is 25.8. The molecule has 0 fully saturated rings. The summed E-state index contributed by atoms with van der Waals surface area (Å²) < 4.78 is 62.7. The Morgan fingerprint density at radius 2 is 1.24 bits per heavy atom. The molecule has 0 atom stereocenters. The quantitative estimate of drug-likeness (QED) is 0.321. The van der Waals surface area contributed by atoms with Crippen LogP contribution in [0.1, 0.15) is 0 Å². The van der Waals surface area contributed by atoms with E-state index in [2.05, 4.69) is 4.98 Å². The van der Waals surface area contributed by atoms with Crippen molar-refractivity contribution in [2.75, 3.05) is 0 Å². The standard InChI is InChI=1S/C10H8O6S2.C6H3Cl2N2.Na/c11-17(12,13)9-5-1-3-7-8(9)4-2-6-10(7)18(14,15)16;7-4-1-2-6(10-9)5(8)3-4;/h1-6H,(H,11,12,13)(H,14,15,16);1-3H;/q;2*+1. The predicted octanol–water partition coefficient (Wildman–Crippen LogP) is 1.82. The maximum absolute atomic E-state index is 11.2. The molecule has 0 heterocycles. The van der Waals surface area contributed by atoms with Crippen molar-refractivity contribution < 1.29 is 55.5 Å². The Bertz CT molecular complexity index is 1240. The summed E-state index contributed by atoms with van der Waals surface area (Å²) >= 11 is 11.2. The first-order valence-corrected chi connectivity index (χ1v) is 10.9. The Balaban J connectivity index is 0.000000327. The molecule has 0 aliphatic rings. The van der Waals surface area contributed by atoms with Crippen LogP contribution >= 0.6 is 23.2 Å². The summed E-state index contributed by atoms with van der Waals surface area (Å²) in [5.41, 5.74) is 0.325. The average Bonchev–Trinajstić information content (AvgIpc) is 2.59. The van der Waals surface area contributed by atoms with Crippen LogP contribution in [0, 0.1) is 5.39 Å². The molecule has 0 aliphatic carbocycles. The van der Waals surface area contributed by atoms with E-state index in [1.54, 1.807) is 6.07 Å². The van der Waals surface area contributed by atoms with E-state index < -0.39 is 30.0 Å². The summed E-state index contributed by atoms with van der Waals surface area (Å²) in [5, 5.41) is 9.22. The molecule has 146 valence electrons. The molecule has 0 spiro atoms. The van der Waals surface area contributed by atoms with Crippen molar-refractivity contribution in [3.8, 4) is 0 Å². The van der Waals surface area contributed by atoms with E-state index in [4.69, 9.17) is 37.7 Å². The van der Waals surface area contributed by atoms with Gasteiger partial charge in [-0.1, -0.05) is 47.5 Å². The Labute approximate surface area is 198 Å². The first-order chi connectivity index (χ1) is 12.9. The van der Waals surface area contributed by atoms with E-state index in [0.29, 0.717) is 15.7 Å². The Morgan fingerprint density at radius 1 is 0.793 bits per heavy atom. The number of fused-ring (bicyclic) bond motifs is 1. The summed E-state index contributed by atoms with van der Waals surface area (Å²) in [6.45, 7) is 0. The van der Waals surface area contributed by atoms with Crippen molar-refractivity contribution >= 4 is 59.9 Å². The molecular formula is C16H11Cl2N2NaO6S2+2. The monoisotopic (exact) mass is 484 g/mol. The zero-order valence-corrected chi connectivity index (χ0v) is 19.8. The number of diazo groups is 1. The minimum Gasteiger partial charge on any atom is -0.282 e.